The highest BCUT2D eigenvalue weighted by Gasteiger charge is 2.42. The van der Waals surface area contributed by atoms with E-state index in [1.807, 2.05) is 79.2 Å². The Morgan fingerprint density at radius 2 is 1.80 bits per heavy atom. The Hall–Kier alpha value is -3.42. The standard InChI is InChI=1S/C27H24ClFN4OS/c1-17(2)34-20-11-8-18(9-12-20)33-26(25(31-27(33)35)23-6-3-4-14-30-23)24-7-5-15-32(24)19-10-13-22(29)21(28)16-19/h3-17,25-26H,1-2H3,(H,31,35)/t25-,26-/m0/s1. The van der Waals surface area contributed by atoms with Gasteiger partial charge in [0.15, 0.2) is 5.11 Å². The monoisotopic (exact) mass is 506 g/mol. The molecule has 0 radical (unpaired) electrons. The molecule has 1 aliphatic heterocycles. The fourth-order valence-electron chi connectivity index (χ4n) is 4.40. The Morgan fingerprint density at radius 3 is 2.49 bits per heavy atom. The number of thiocarbonyl (C=S) groups is 1. The summed E-state index contributed by atoms with van der Waals surface area (Å²) in [6.45, 7) is 3.99. The van der Waals surface area contributed by atoms with E-state index in [1.54, 1.807) is 18.3 Å². The van der Waals surface area contributed by atoms with Gasteiger partial charge in [-0.1, -0.05) is 17.7 Å². The zero-order valence-corrected chi connectivity index (χ0v) is 20.8. The summed E-state index contributed by atoms with van der Waals surface area (Å²) in [5.74, 6) is 0.341. The number of benzene rings is 2. The third-order valence-corrected chi connectivity index (χ3v) is 6.45. The average Bonchev–Trinajstić information content (AvgIpc) is 3.46. The van der Waals surface area contributed by atoms with Gasteiger partial charge >= 0.3 is 0 Å². The van der Waals surface area contributed by atoms with Gasteiger partial charge in [0.25, 0.3) is 0 Å². The summed E-state index contributed by atoms with van der Waals surface area (Å²) < 4.78 is 21.7. The molecule has 4 aromatic rings. The van der Waals surface area contributed by atoms with Crippen molar-refractivity contribution in [2.45, 2.75) is 32.0 Å². The minimum Gasteiger partial charge on any atom is -0.491 e. The summed E-state index contributed by atoms with van der Waals surface area (Å²) >= 11 is 11.9. The molecule has 178 valence electrons. The number of nitrogens with one attached hydrogen (secondary N) is 1. The molecule has 2 atom stereocenters. The van der Waals surface area contributed by atoms with E-state index in [4.69, 9.17) is 28.6 Å². The first-order valence-electron chi connectivity index (χ1n) is 11.3. The number of ether oxygens (including phenoxy) is 1. The summed E-state index contributed by atoms with van der Waals surface area (Å²) in [5.41, 5.74) is 3.51. The highest BCUT2D eigenvalue weighted by atomic mass is 35.5. The second kappa shape index (κ2) is 9.68. The number of aromatic nitrogens is 2. The van der Waals surface area contributed by atoms with Crippen LogP contribution in [0.3, 0.4) is 0 Å². The normalized spacial score (nSPS) is 17.6. The number of hydrogen-bond acceptors (Lipinski definition) is 3. The molecule has 1 fully saturated rings. The molecule has 1 N–H and O–H groups in total. The minimum absolute atomic E-state index is 0.0705. The van der Waals surface area contributed by atoms with Gasteiger partial charge in [0, 0.05) is 29.5 Å². The highest BCUT2D eigenvalue weighted by molar-refractivity contribution is 7.80. The van der Waals surface area contributed by atoms with Crippen molar-refractivity contribution in [3.8, 4) is 11.4 Å². The van der Waals surface area contributed by atoms with Crippen LogP contribution in [0.25, 0.3) is 5.69 Å². The Balaban J connectivity index is 1.61. The van der Waals surface area contributed by atoms with E-state index in [-0.39, 0.29) is 23.2 Å². The van der Waals surface area contributed by atoms with Crippen molar-refractivity contribution in [2.24, 2.45) is 0 Å². The van der Waals surface area contributed by atoms with Crippen molar-refractivity contribution in [1.29, 1.82) is 0 Å². The smallest absolute Gasteiger partial charge is 0.174 e. The van der Waals surface area contributed by atoms with Crippen LogP contribution in [0.15, 0.2) is 85.2 Å². The van der Waals surface area contributed by atoms with Gasteiger partial charge in [-0.15, -0.1) is 0 Å². The average molecular weight is 507 g/mol. The molecule has 1 saturated heterocycles. The lowest BCUT2D eigenvalue weighted by Crippen LogP contribution is -2.30. The van der Waals surface area contributed by atoms with Crippen molar-refractivity contribution < 1.29 is 9.13 Å². The number of halogens is 2. The lowest BCUT2D eigenvalue weighted by Gasteiger charge is -2.29. The van der Waals surface area contributed by atoms with Crippen LogP contribution in [-0.2, 0) is 0 Å². The largest absolute Gasteiger partial charge is 0.491 e. The summed E-state index contributed by atoms with van der Waals surface area (Å²) in [6.07, 6.45) is 3.80. The van der Waals surface area contributed by atoms with E-state index in [0.29, 0.717) is 5.11 Å². The van der Waals surface area contributed by atoms with Crippen molar-refractivity contribution >= 4 is 34.6 Å². The first kappa shape index (κ1) is 23.3. The molecule has 5 nitrogen and oxygen atoms in total. The van der Waals surface area contributed by atoms with E-state index < -0.39 is 5.82 Å². The summed E-state index contributed by atoms with van der Waals surface area (Å²) in [4.78, 5) is 6.70. The van der Waals surface area contributed by atoms with Gasteiger partial charge in [-0.25, -0.2) is 4.39 Å². The predicted octanol–water partition coefficient (Wildman–Crippen LogP) is 6.63. The first-order chi connectivity index (χ1) is 16.9. The minimum atomic E-state index is -0.454. The Morgan fingerprint density at radius 1 is 1.03 bits per heavy atom. The van der Waals surface area contributed by atoms with Crippen LogP contribution in [-0.4, -0.2) is 20.8 Å². The second-order valence-electron chi connectivity index (χ2n) is 8.56. The molecule has 0 unspecified atom stereocenters. The van der Waals surface area contributed by atoms with Crippen LogP contribution in [0.5, 0.6) is 5.75 Å². The number of nitrogens with zero attached hydrogens (tertiary/aromatic N) is 3. The zero-order chi connectivity index (χ0) is 24.5. The van der Waals surface area contributed by atoms with Crippen molar-refractivity contribution in [2.75, 3.05) is 4.90 Å². The topological polar surface area (TPSA) is 42.3 Å². The van der Waals surface area contributed by atoms with Crippen molar-refractivity contribution in [3.63, 3.8) is 0 Å². The maximum absolute atomic E-state index is 13.9. The molecule has 1 aliphatic rings. The molecule has 0 bridgehead atoms. The zero-order valence-electron chi connectivity index (χ0n) is 19.2. The van der Waals surface area contributed by atoms with Crippen LogP contribution in [0.4, 0.5) is 10.1 Å². The SMILES string of the molecule is CC(C)Oc1ccc(N2C(=S)N[C@@H](c3ccccn3)[C@@H]2c2cccn2-c2ccc(F)c(Cl)c2)cc1. The molecule has 2 aromatic heterocycles. The van der Waals surface area contributed by atoms with Crippen molar-refractivity contribution in [3.05, 3.63) is 107 Å². The quantitative estimate of drug-likeness (QED) is 0.297. The van der Waals surface area contributed by atoms with Gasteiger partial charge in [-0.3, -0.25) is 4.98 Å². The van der Waals surface area contributed by atoms with Gasteiger partial charge in [0.1, 0.15) is 17.6 Å². The molecular formula is C27H24ClFN4OS. The highest BCUT2D eigenvalue weighted by Crippen LogP contribution is 2.42. The van der Waals surface area contributed by atoms with Gasteiger partial charge in [-0.05, 0) is 92.8 Å². The lowest BCUT2D eigenvalue weighted by atomic mass is 10.0. The Kier molecular flexibility index (Phi) is 6.45. The van der Waals surface area contributed by atoms with Crippen molar-refractivity contribution in [1.82, 2.24) is 14.9 Å². The molecule has 0 spiro atoms. The molecule has 0 saturated carbocycles. The third-order valence-electron chi connectivity index (χ3n) is 5.85. The Bertz CT molecular complexity index is 1340. The fraction of sp³-hybridized carbons (Fsp3) is 0.185. The molecule has 0 aliphatic carbocycles. The van der Waals surface area contributed by atoms with E-state index >= 15 is 0 Å². The Labute approximate surface area is 214 Å². The summed E-state index contributed by atoms with van der Waals surface area (Å²) in [5, 5.41) is 4.13. The maximum Gasteiger partial charge on any atom is 0.174 e. The van der Waals surface area contributed by atoms with E-state index in [0.717, 1.165) is 28.5 Å². The molecular weight excluding hydrogens is 483 g/mol. The number of rotatable bonds is 6. The first-order valence-corrected chi connectivity index (χ1v) is 12.1. The van der Waals surface area contributed by atoms with Crippen LogP contribution < -0.4 is 15.0 Å². The van der Waals surface area contributed by atoms with Gasteiger partial charge in [0.2, 0.25) is 0 Å². The number of hydrogen-bond donors (Lipinski definition) is 1. The van der Waals surface area contributed by atoms with Gasteiger partial charge in [0.05, 0.1) is 22.9 Å². The van der Waals surface area contributed by atoms with E-state index in [1.165, 1.54) is 6.07 Å². The van der Waals surface area contributed by atoms with Crippen LogP contribution in [0, 0.1) is 5.82 Å². The summed E-state index contributed by atoms with van der Waals surface area (Å²) in [7, 11) is 0. The van der Waals surface area contributed by atoms with Crippen LogP contribution >= 0.6 is 23.8 Å². The van der Waals surface area contributed by atoms with E-state index in [9.17, 15) is 4.39 Å². The molecule has 5 rings (SSSR count). The fourth-order valence-corrected chi connectivity index (χ4v) is 4.92. The lowest BCUT2D eigenvalue weighted by molar-refractivity contribution is 0.242. The number of pyridine rings is 1. The molecule has 0 amide bonds. The van der Waals surface area contributed by atoms with Crippen LogP contribution in [0.1, 0.15) is 37.3 Å². The van der Waals surface area contributed by atoms with Crippen LogP contribution in [0.2, 0.25) is 5.02 Å². The molecule has 2 aromatic carbocycles. The second-order valence-corrected chi connectivity index (χ2v) is 9.35. The van der Waals surface area contributed by atoms with Gasteiger partial charge < -0.3 is 19.5 Å². The molecule has 8 heteroatoms. The maximum atomic E-state index is 13.9. The molecule has 35 heavy (non-hydrogen) atoms. The molecule has 3 heterocycles. The number of anilines is 1. The van der Waals surface area contributed by atoms with Gasteiger partial charge in [-0.2, -0.15) is 0 Å². The predicted molar refractivity (Wildman–Crippen MR) is 141 cm³/mol. The van der Waals surface area contributed by atoms with E-state index in [2.05, 4.69) is 15.2 Å². The summed E-state index contributed by atoms with van der Waals surface area (Å²) in [6, 6.07) is 22.0. The third kappa shape index (κ3) is 4.61.